The van der Waals surface area contributed by atoms with Gasteiger partial charge in [0.1, 0.15) is 22.8 Å². The van der Waals surface area contributed by atoms with E-state index in [1.807, 2.05) is 0 Å². The number of ether oxygens (including phenoxy) is 2. The summed E-state index contributed by atoms with van der Waals surface area (Å²) in [4.78, 5) is 39.5. The van der Waals surface area contributed by atoms with Gasteiger partial charge in [0.2, 0.25) is 0 Å². The van der Waals surface area contributed by atoms with Crippen LogP contribution in [0.3, 0.4) is 0 Å². The van der Waals surface area contributed by atoms with E-state index in [1.54, 1.807) is 60.0 Å². The van der Waals surface area contributed by atoms with Crippen molar-refractivity contribution >= 4 is 16.9 Å². The van der Waals surface area contributed by atoms with E-state index < -0.39 is 11.9 Å². The van der Waals surface area contributed by atoms with Crippen LogP contribution in [0.2, 0.25) is 0 Å². The molecular formula is C27H23NO7. The average molecular weight is 473 g/mol. The number of pyridine rings is 1. The number of rotatable bonds is 5. The Morgan fingerprint density at radius 3 is 2.60 bits per heavy atom. The highest BCUT2D eigenvalue weighted by Gasteiger charge is 2.34. The van der Waals surface area contributed by atoms with Gasteiger partial charge in [-0.3, -0.25) is 14.4 Å². The van der Waals surface area contributed by atoms with E-state index in [-0.39, 0.29) is 40.0 Å². The molecule has 0 amide bonds. The number of aryl methyl sites for hydroxylation is 2. The first-order valence-electron chi connectivity index (χ1n) is 11.2. The molecule has 5 rings (SSSR count). The Morgan fingerprint density at radius 2 is 1.86 bits per heavy atom. The summed E-state index contributed by atoms with van der Waals surface area (Å²) in [7, 11) is 1.50. The minimum absolute atomic E-state index is 0.149. The lowest BCUT2D eigenvalue weighted by molar-refractivity contribution is -0.135. The van der Waals surface area contributed by atoms with Gasteiger partial charge in [0, 0.05) is 29.8 Å². The lowest BCUT2D eigenvalue weighted by Gasteiger charge is -2.25. The van der Waals surface area contributed by atoms with E-state index >= 15 is 0 Å². The number of methoxy groups -OCH3 is 1. The maximum absolute atomic E-state index is 13.7. The van der Waals surface area contributed by atoms with Gasteiger partial charge in [-0.2, -0.15) is 0 Å². The molecule has 4 aromatic rings. The van der Waals surface area contributed by atoms with Crippen molar-refractivity contribution in [2.75, 3.05) is 7.11 Å². The zero-order valence-electron chi connectivity index (χ0n) is 19.2. The van der Waals surface area contributed by atoms with Crippen molar-refractivity contribution in [3.8, 4) is 17.2 Å². The van der Waals surface area contributed by atoms with Crippen LogP contribution in [0.25, 0.3) is 11.0 Å². The van der Waals surface area contributed by atoms with Crippen molar-refractivity contribution in [1.82, 2.24) is 4.57 Å². The Morgan fingerprint density at radius 1 is 1.09 bits per heavy atom. The fraction of sp³-hybridized carbons (Fsp3) is 0.222. The summed E-state index contributed by atoms with van der Waals surface area (Å²) < 4.78 is 18.0. The van der Waals surface area contributed by atoms with Gasteiger partial charge < -0.3 is 23.6 Å². The highest BCUT2D eigenvalue weighted by Crippen LogP contribution is 2.36. The summed E-state index contributed by atoms with van der Waals surface area (Å²) >= 11 is 0. The largest absolute Gasteiger partial charge is 0.508 e. The number of carbonyl (C=O) groups is 1. The number of hydrogen-bond acceptors (Lipinski definition) is 7. The molecule has 8 heteroatoms. The summed E-state index contributed by atoms with van der Waals surface area (Å²) in [5.41, 5.74) is 1.81. The van der Waals surface area contributed by atoms with Crippen LogP contribution in [0.4, 0.5) is 0 Å². The van der Waals surface area contributed by atoms with E-state index in [9.17, 15) is 19.5 Å². The number of aromatic hydroxyl groups is 1. The van der Waals surface area contributed by atoms with Gasteiger partial charge in [-0.05, 0) is 49.2 Å². The predicted octanol–water partition coefficient (Wildman–Crippen LogP) is 3.66. The third-order valence-electron chi connectivity index (χ3n) is 6.39. The van der Waals surface area contributed by atoms with Gasteiger partial charge in [-0.1, -0.05) is 12.1 Å². The van der Waals surface area contributed by atoms with Gasteiger partial charge in [0.05, 0.1) is 30.7 Å². The van der Waals surface area contributed by atoms with E-state index in [2.05, 4.69) is 0 Å². The molecule has 0 spiro atoms. The number of aromatic nitrogens is 1. The molecule has 0 radical (unpaired) electrons. The molecule has 3 heterocycles. The summed E-state index contributed by atoms with van der Waals surface area (Å²) in [6, 6.07) is 13.4. The van der Waals surface area contributed by atoms with Crippen LogP contribution in [0.1, 0.15) is 34.7 Å². The van der Waals surface area contributed by atoms with E-state index in [0.29, 0.717) is 35.4 Å². The molecule has 0 bridgehead atoms. The Bertz CT molecular complexity index is 1560. The molecule has 8 nitrogen and oxygen atoms in total. The predicted molar refractivity (Wildman–Crippen MR) is 128 cm³/mol. The molecule has 0 unspecified atom stereocenters. The molecule has 0 saturated carbocycles. The maximum atomic E-state index is 13.7. The van der Waals surface area contributed by atoms with Gasteiger partial charge in [-0.15, -0.1) is 0 Å². The lowest BCUT2D eigenvalue weighted by Crippen LogP contribution is -2.35. The van der Waals surface area contributed by atoms with Crippen LogP contribution >= 0.6 is 0 Å². The molecule has 0 saturated heterocycles. The van der Waals surface area contributed by atoms with Crippen LogP contribution in [-0.2, 0) is 17.8 Å². The molecule has 1 aliphatic heterocycles. The minimum Gasteiger partial charge on any atom is -0.508 e. The summed E-state index contributed by atoms with van der Waals surface area (Å²) in [6.45, 7) is 2.15. The molecule has 2 aromatic heterocycles. The molecule has 1 atom stereocenters. The molecular weight excluding hydrogens is 450 g/mol. The molecule has 2 aromatic carbocycles. The van der Waals surface area contributed by atoms with Crippen molar-refractivity contribution in [2.24, 2.45) is 0 Å². The Labute approximate surface area is 200 Å². The van der Waals surface area contributed by atoms with Crippen molar-refractivity contribution in [1.29, 1.82) is 0 Å². The molecule has 0 aliphatic carbocycles. The average Bonchev–Trinajstić information content (AvgIpc) is 2.84. The van der Waals surface area contributed by atoms with Crippen molar-refractivity contribution in [2.45, 2.75) is 32.2 Å². The number of esters is 1. The fourth-order valence-corrected chi connectivity index (χ4v) is 4.53. The number of phenolic OH excluding ortho intramolecular Hbond substituents is 1. The molecule has 0 fully saturated rings. The Kier molecular flexibility index (Phi) is 5.64. The van der Waals surface area contributed by atoms with E-state index in [1.165, 1.54) is 13.4 Å². The SMILES string of the molecule is COc1ccc2occ([C@H]3CC(=O)Oc4cc(C)n(CCc5ccc(O)cc5)c(=O)c43)c(=O)c2c1. The molecule has 35 heavy (non-hydrogen) atoms. The number of phenols is 1. The van der Waals surface area contributed by atoms with Crippen LogP contribution in [0.5, 0.6) is 17.2 Å². The second-order valence-corrected chi connectivity index (χ2v) is 8.55. The minimum atomic E-state index is -0.800. The quantitative estimate of drug-likeness (QED) is 0.441. The van der Waals surface area contributed by atoms with Gasteiger partial charge in [0.25, 0.3) is 5.56 Å². The Balaban J connectivity index is 1.60. The Hall–Kier alpha value is -4.33. The first kappa shape index (κ1) is 22.5. The zero-order chi connectivity index (χ0) is 24.7. The van der Waals surface area contributed by atoms with Crippen LogP contribution in [0.15, 0.2) is 68.8 Å². The first-order valence-corrected chi connectivity index (χ1v) is 11.2. The highest BCUT2D eigenvalue weighted by atomic mass is 16.5. The molecule has 1 aliphatic rings. The highest BCUT2D eigenvalue weighted by molar-refractivity contribution is 5.81. The monoisotopic (exact) mass is 473 g/mol. The maximum Gasteiger partial charge on any atom is 0.312 e. The van der Waals surface area contributed by atoms with Crippen molar-refractivity contribution < 1.29 is 23.8 Å². The van der Waals surface area contributed by atoms with E-state index in [4.69, 9.17) is 13.9 Å². The standard InChI is InChI=1S/C27H23NO7/c1-15-11-23-25(27(32)28(15)10-9-16-3-5-17(29)6-4-16)19(13-24(30)35-23)21-14-34-22-8-7-18(33-2)12-20(22)26(21)31/h3-8,11-12,14,19,29H,9-10,13H2,1-2H3/t19-/m1/s1. The van der Waals surface area contributed by atoms with Crippen molar-refractivity contribution in [3.63, 3.8) is 0 Å². The number of fused-ring (bicyclic) bond motifs is 2. The van der Waals surface area contributed by atoms with Crippen LogP contribution in [0, 0.1) is 6.92 Å². The number of nitrogens with zero attached hydrogens (tertiary/aromatic N) is 1. The zero-order valence-corrected chi connectivity index (χ0v) is 19.2. The van der Waals surface area contributed by atoms with Crippen LogP contribution in [-0.4, -0.2) is 22.8 Å². The smallest absolute Gasteiger partial charge is 0.312 e. The fourth-order valence-electron chi connectivity index (χ4n) is 4.53. The normalized spacial score (nSPS) is 15.0. The number of hydrogen-bond donors (Lipinski definition) is 1. The molecule has 178 valence electrons. The summed E-state index contributed by atoms with van der Waals surface area (Å²) in [5.74, 6) is -0.482. The number of benzene rings is 2. The van der Waals surface area contributed by atoms with E-state index in [0.717, 1.165) is 5.56 Å². The van der Waals surface area contributed by atoms with Gasteiger partial charge in [0.15, 0.2) is 5.43 Å². The topological polar surface area (TPSA) is 108 Å². The summed E-state index contributed by atoms with van der Waals surface area (Å²) in [5, 5.41) is 9.81. The third-order valence-corrected chi connectivity index (χ3v) is 6.39. The van der Waals surface area contributed by atoms with Crippen molar-refractivity contribution in [3.05, 3.63) is 97.8 Å². The second kappa shape index (κ2) is 8.79. The van der Waals surface area contributed by atoms with Gasteiger partial charge in [-0.25, -0.2) is 0 Å². The summed E-state index contributed by atoms with van der Waals surface area (Å²) in [6.07, 6.45) is 1.73. The second-order valence-electron chi connectivity index (χ2n) is 8.55. The number of carbonyl (C=O) groups excluding carboxylic acids is 1. The third kappa shape index (κ3) is 4.07. The molecule has 1 N–H and O–H groups in total. The van der Waals surface area contributed by atoms with Gasteiger partial charge >= 0.3 is 5.97 Å². The van der Waals surface area contributed by atoms with Crippen LogP contribution < -0.4 is 20.5 Å². The first-order chi connectivity index (χ1) is 16.9. The lowest BCUT2D eigenvalue weighted by atomic mass is 9.87.